The van der Waals surface area contributed by atoms with Crippen molar-refractivity contribution in [3.63, 3.8) is 0 Å². The average molecular weight is 296 g/mol. The number of nitrogens with zero attached hydrogens (tertiary/aromatic N) is 2. The molecule has 7 heteroatoms. The van der Waals surface area contributed by atoms with Crippen molar-refractivity contribution in [1.29, 1.82) is 0 Å². The van der Waals surface area contributed by atoms with E-state index in [1.165, 1.54) is 0 Å². The summed E-state index contributed by atoms with van der Waals surface area (Å²) in [6, 6.07) is 0.221. The number of H-pyrrole nitrogens is 1. The van der Waals surface area contributed by atoms with Crippen molar-refractivity contribution >= 4 is 18.1 Å². The van der Waals surface area contributed by atoms with Crippen molar-refractivity contribution < 1.29 is 9.53 Å². The molecule has 1 amide bonds. The van der Waals surface area contributed by atoms with Crippen LogP contribution in [-0.4, -0.2) is 32.9 Å². The van der Waals surface area contributed by atoms with E-state index in [1.807, 2.05) is 18.4 Å². The monoisotopic (exact) mass is 296 g/mol. The van der Waals surface area contributed by atoms with Crippen LogP contribution in [-0.2, 0) is 16.1 Å². The van der Waals surface area contributed by atoms with Crippen molar-refractivity contribution in [1.82, 2.24) is 20.1 Å². The van der Waals surface area contributed by atoms with Gasteiger partial charge in [0.25, 0.3) is 0 Å². The van der Waals surface area contributed by atoms with Crippen LogP contribution in [0.2, 0.25) is 0 Å². The molecule has 1 aromatic rings. The SMILES string of the molecule is CC(C)n1c(CNC(=O)[C@@H]2C[C@H]3CC[C@H]2O3)n[nH]c1=S. The van der Waals surface area contributed by atoms with Gasteiger partial charge in [0, 0.05) is 6.04 Å². The Morgan fingerprint density at radius 2 is 2.40 bits per heavy atom. The number of hydrogen-bond donors (Lipinski definition) is 2. The van der Waals surface area contributed by atoms with E-state index in [-0.39, 0.29) is 24.0 Å². The number of aromatic amines is 1. The normalized spacial score (nSPS) is 28.2. The molecule has 2 bridgehead atoms. The first-order chi connectivity index (χ1) is 9.56. The highest BCUT2D eigenvalue weighted by Crippen LogP contribution is 2.38. The first kappa shape index (κ1) is 13.8. The van der Waals surface area contributed by atoms with Gasteiger partial charge < -0.3 is 14.6 Å². The van der Waals surface area contributed by atoms with Crippen LogP contribution >= 0.6 is 12.2 Å². The van der Waals surface area contributed by atoms with Crippen LogP contribution in [0.15, 0.2) is 0 Å². The van der Waals surface area contributed by atoms with E-state index in [4.69, 9.17) is 17.0 Å². The molecule has 0 radical (unpaired) electrons. The Bertz CT molecular complexity index is 565. The zero-order valence-electron chi connectivity index (χ0n) is 11.8. The van der Waals surface area contributed by atoms with Crippen molar-refractivity contribution in [3.05, 3.63) is 10.6 Å². The minimum atomic E-state index is 0.00293. The minimum absolute atomic E-state index is 0.00293. The predicted octanol–water partition coefficient (Wildman–Crippen LogP) is 1.71. The van der Waals surface area contributed by atoms with E-state index in [0.29, 0.717) is 17.4 Å². The number of carbonyl (C=O) groups excluding carboxylic acids is 1. The van der Waals surface area contributed by atoms with Crippen LogP contribution < -0.4 is 5.32 Å². The average Bonchev–Trinajstić information content (AvgIpc) is 3.10. The summed E-state index contributed by atoms with van der Waals surface area (Å²) in [7, 11) is 0. The van der Waals surface area contributed by atoms with Gasteiger partial charge in [-0.15, -0.1) is 0 Å². The Labute approximate surface area is 122 Å². The first-order valence-electron chi connectivity index (χ1n) is 7.15. The summed E-state index contributed by atoms with van der Waals surface area (Å²) >= 11 is 5.19. The Balaban J connectivity index is 1.62. The molecular formula is C13H20N4O2S. The Morgan fingerprint density at radius 1 is 1.60 bits per heavy atom. The molecule has 1 aromatic heterocycles. The van der Waals surface area contributed by atoms with Crippen LogP contribution in [0, 0.1) is 10.7 Å². The van der Waals surface area contributed by atoms with Gasteiger partial charge in [0.2, 0.25) is 5.91 Å². The summed E-state index contributed by atoms with van der Waals surface area (Å²) in [5, 5.41) is 9.93. The lowest BCUT2D eigenvalue weighted by atomic mass is 9.88. The maximum atomic E-state index is 12.2. The molecule has 0 saturated carbocycles. The molecule has 2 aliphatic rings. The minimum Gasteiger partial charge on any atom is -0.374 e. The lowest BCUT2D eigenvalue weighted by Gasteiger charge is -2.18. The largest absolute Gasteiger partial charge is 0.374 e. The number of amides is 1. The standard InChI is InChI=1S/C13H20N4O2S/c1-7(2)17-11(15-16-13(17)20)6-14-12(18)9-5-8-3-4-10(9)19-8/h7-10H,3-6H2,1-2H3,(H,14,18)(H,16,20)/t8-,9-,10-/m1/s1. The number of nitrogens with one attached hydrogen (secondary N) is 2. The van der Waals surface area contributed by atoms with E-state index >= 15 is 0 Å². The summed E-state index contributed by atoms with van der Waals surface area (Å²) in [5.41, 5.74) is 0. The fraction of sp³-hybridized carbons (Fsp3) is 0.769. The highest BCUT2D eigenvalue weighted by Gasteiger charge is 2.44. The third-order valence-corrected chi connectivity index (χ3v) is 4.45. The van der Waals surface area contributed by atoms with Crippen molar-refractivity contribution in [2.24, 2.45) is 5.92 Å². The summed E-state index contributed by atoms with van der Waals surface area (Å²) in [6.07, 6.45) is 3.37. The molecule has 2 fully saturated rings. The predicted molar refractivity (Wildman–Crippen MR) is 75.6 cm³/mol. The van der Waals surface area contributed by atoms with Gasteiger partial charge in [-0.25, -0.2) is 0 Å². The highest BCUT2D eigenvalue weighted by molar-refractivity contribution is 7.71. The zero-order valence-corrected chi connectivity index (χ0v) is 12.6. The van der Waals surface area contributed by atoms with Crippen molar-refractivity contribution in [3.8, 4) is 0 Å². The van der Waals surface area contributed by atoms with E-state index in [9.17, 15) is 4.79 Å². The second-order valence-corrected chi connectivity index (χ2v) is 6.23. The number of ether oxygens (including phenoxy) is 1. The Hall–Kier alpha value is -1.21. The second-order valence-electron chi connectivity index (χ2n) is 5.84. The van der Waals surface area contributed by atoms with Crippen molar-refractivity contribution in [2.75, 3.05) is 0 Å². The van der Waals surface area contributed by atoms with Gasteiger partial charge in [-0.2, -0.15) is 5.10 Å². The van der Waals surface area contributed by atoms with Gasteiger partial charge in [-0.05, 0) is 45.3 Å². The van der Waals surface area contributed by atoms with Crippen molar-refractivity contribution in [2.45, 2.75) is 57.9 Å². The fourth-order valence-corrected chi connectivity index (χ4v) is 3.57. The van der Waals surface area contributed by atoms with E-state index in [0.717, 1.165) is 25.1 Å². The molecule has 0 aromatic carbocycles. The highest BCUT2D eigenvalue weighted by atomic mass is 32.1. The molecule has 2 N–H and O–H groups in total. The summed E-state index contributed by atoms with van der Waals surface area (Å²) in [4.78, 5) is 12.2. The maximum Gasteiger partial charge on any atom is 0.226 e. The number of fused-ring (bicyclic) bond motifs is 2. The van der Waals surface area contributed by atoms with Crippen LogP contribution in [0.1, 0.15) is 45.0 Å². The smallest absolute Gasteiger partial charge is 0.226 e. The molecular weight excluding hydrogens is 276 g/mol. The molecule has 3 rings (SSSR count). The third-order valence-electron chi connectivity index (χ3n) is 4.16. The topological polar surface area (TPSA) is 71.9 Å². The summed E-state index contributed by atoms with van der Waals surface area (Å²) in [5.74, 6) is 0.840. The lowest BCUT2D eigenvalue weighted by molar-refractivity contribution is -0.126. The zero-order chi connectivity index (χ0) is 14.3. The summed E-state index contributed by atoms with van der Waals surface area (Å²) < 4.78 is 8.23. The fourth-order valence-electron chi connectivity index (χ4n) is 3.21. The van der Waals surface area contributed by atoms with Gasteiger partial charge in [0.1, 0.15) is 0 Å². The van der Waals surface area contributed by atoms with Gasteiger partial charge in [0.05, 0.1) is 24.7 Å². The number of aromatic nitrogens is 3. The first-order valence-corrected chi connectivity index (χ1v) is 7.56. The number of rotatable bonds is 4. The Kier molecular flexibility index (Phi) is 3.64. The molecule has 110 valence electrons. The van der Waals surface area contributed by atoms with Gasteiger partial charge >= 0.3 is 0 Å². The molecule has 3 heterocycles. The quantitative estimate of drug-likeness (QED) is 0.830. The van der Waals surface area contributed by atoms with E-state index < -0.39 is 0 Å². The third kappa shape index (κ3) is 2.40. The molecule has 20 heavy (non-hydrogen) atoms. The number of hydrogen-bond acceptors (Lipinski definition) is 4. The number of carbonyl (C=O) groups is 1. The molecule has 0 unspecified atom stereocenters. The van der Waals surface area contributed by atoms with Crippen LogP contribution in [0.3, 0.4) is 0 Å². The summed E-state index contributed by atoms with van der Waals surface area (Å²) in [6.45, 7) is 4.48. The molecule has 2 saturated heterocycles. The molecule has 3 atom stereocenters. The van der Waals surface area contributed by atoms with Gasteiger partial charge in [0.15, 0.2) is 10.6 Å². The lowest BCUT2D eigenvalue weighted by Crippen LogP contribution is -2.36. The van der Waals surface area contributed by atoms with Gasteiger partial charge in [-0.3, -0.25) is 9.89 Å². The van der Waals surface area contributed by atoms with E-state index in [2.05, 4.69) is 15.5 Å². The second kappa shape index (κ2) is 5.29. The van der Waals surface area contributed by atoms with Crippen LogP contribution in [0.25, 0.3) is 0 Å². The molecule has 0 spiro atoms. The Morgan fingerprint density at radius 3 is 3.00 bits per heavy atom. The maximum absolute atomic E-state index is 12.2. The van der Waals surface area contributed by atoms with Gasteiger partial charge in [-0.1, -0.05) is 0 Å². The molecule has 6 nitrogen and oxygen atoms in total. The molecule has 0 aliphatic carbocycles. The molecule has 2 aliphatic heterocycles. The van der Waals surface area contributed by atoms with Crippen LogP contribution in [0.5, 0.6) is 0 Å². The van der Waals surface area contributed by atoms with Crippen LogP contribution in [0.4, 0.5) is 0 Å². The van der Waals surface area contributed by atoms with E-state index in [1.54, 1.807) is 0 Å².